The summed E-state index contributed by atoms with van der Waals surface area (Å²) in [5.41, 5.74) is 1.35. The van der Waals surface area contributed by atoms with Crippen molar-refractivity contribution in [1.82, 2.24) is 5.32 Å². The van der Waals surface area contributed by atoms with Crippen molar-refractivity contribution >= 4 is 38.8 Å². The van der Waals surface area contributed by atoms with Crippen LogP contribution >= 0.6 is 15.9 Å². The molecule has 1 atom stereocenters. The van der Waals surface area contributed by atoms with Gasteiger partial charge in [-0.2, -0.15) is 0 Å². The molecule has 0 spiro atoms. The summed E-state index contributed by atoms with van der Waals surface area (Å²) in [6, 6.07) is 21.2. The highest BCUT2D eigenvalue weighted by molar-refractivity contribution is 9.10. The first-order chi connectivity index (χ1) is 16.4. The highest BCUT2D eigenvalue weighted by atomic mass is 79.9. The molecule has 4 rings (SSSR count). The van der Waals surface area contributed by atoms with Crippen molar-refractivity contribution in [1.29, 1.82) is 0 Å². The van der Waals surface area contributed by atoms with E-state index in [1.54, 1.807) is 42.5 Å². The van der Waals surface area contributed by atoms with Crippen LogP contribution in [0, 0.1) is 0 Å². The van der Waals surface area contributed by atoms with Crippen LogP contribution in [0.5, 0.6) is 5.75 Å². The summed E-state index contributed by atoms with van der Waals surface area (Å²) in [6.07, 6.45) is 0.0900. The summed E-state index contributed by atoms with van der Waals surface area (Å²) in [5, 5.41) is 12.2. The van der Waals surface area contributed by atoms with Gasteiger partial charge in [0.1, 0.15) is 29.4 Å². The van der Waals surface area contributed by atoms with Gasteiger partial charge in [0.25, 0.3) is 5.91 Å². The zero-order chi connectivity index (χ0) is 24.1. The SMILES string of the molecule is O=C(N[C@@H](Cc1ccccc1)C(=O)O)c1cc(=O)c2c(OCc3ccccc3Br)cccc2o1. The third kappa shape index (κ3) is 5.35. The fourth-order valence-corrected chi connectivity index (χ4v) is 3.86. The Hall–Kier alpha value is -3.91. The fraction of sp³-hybridized carbons (Fsp3) is 0.115. The smallest absolute Gasteiger partial charge is 0.326 e. The average molecular weight is 522 g/mol. The lowest BCUT2D eigenvalue weighted by molar-refractivity contribution is -0.139. The predicted molar refractivity (Wildman–Crippen MR) is 130 cm³/mol. The molecule has 8 heteroatoms. The second kappa shape index (κ2) is 10.4. The Labute approximate surface area is 203 Å². The van der Waals surface area contributed by atoms with E-state index in [4.69, 9.17) is 9.15 Å². The Kier molecular flexibility index (Phi) is 7.08. The molecule has 0 saturated heterocycles. The molecule has 34 heavy (non-hydrogen) atoms. The molecule has 2 N–H and O–H groups in total. The molecule has 1 heterocycles. The second-order valence-corrected chi connectivity index (χ2v) is 8.39. The molecular formula is C26H20BrNO6. The Morgan fingerprint density at radius 3 is 2.47 bits per heavy atom. The zero-order valence-corrected chi connectivity index (χ0v) is 19.4. The molecule has 0 saturated carbocycles. The highest BCUT2D eigenvalue weighted by Crippen LogP contribution is 2.25. The highest BCUT2D eigenvalue weighted by Gasteiger charge is 2.23. The number of hydrogen-bond donors (Lipinski definition) is 2. The van der Waals surface area contributed by atoms with Crippen LogP contribution in [0.1, 0.15) is 21.7 Å². The van der Waals surface area contributed by atoms with Gasteiger partial charge in [0.15, 0.2) is 11.2 Å². The topological polar surface area (TPSA) is 106 Å². The maximum atomic E-state index is 12.9. The molecule has 4 aromatic rings. The van der Waals surface area contributed by atoms with Crippen molar-refractivity contribution < 1.29 is 23.8 Å². The molecule has 0 aliphatic heterocycles. The van der Waals surface area contributed by atoms with Crippen molar-refractivity contribution in [2.75, 3.05) is 0 Å². The number of halogens is 1. The Bertz CT molecular complexity index is 1400. The molecule has 1 amide bonds. The van der Waals surface area contributed by atoms with Crippen LogP contribution in [0.3, 0.4) is 0 Å². The van der Waals surface area contributed by atoms with Gasteiger partial charge >= 0.3 is 5.97 Å². The van der Waals surface area contributed by atoms with Gasteiger partial charge in [-0.3, -0.25) is 9.59 Å². The number of carboxylic acids is 1. The van der Waals surface area contributed by atoms with E-state index >= 15 is 0 Å². The minimum absolute atomic E-state index is 0.0900. The number of nitrogens with one attached hydrogen (secondary N) is 1. The number of rotatable bonds is 8. The van der Waals surface area contributed by atoms with Crippen molar-refractivity contribution in [3.63, 3.8) is 0 Å². The number of carbonyl (C=O) groups is 2. The van der Waals surface area contributed by atoms with Crippen LogP contribution in [-0.2, 0) is 17.8 Å². The second-order valence-electron chi connectivity index (χ2n) is 7.54. The van der Waals surface area contributed by atoms with E-state index in [2.05, 4.69) is 21.2 Å². The molecule has 172 valence electrons. The first-order valence-corrected chi connectivity index (χ1v) is 11.2. The van der Waals surface area contributed by atoms with Crippen LogP contribution in [0.2, 0.25) is 0 Å². The van der Waals surface area contributed by atoms with Gasteiger partial charge in [0, 0.05) is 22.5 Å². The third-order valence-electron chi connectivity index (χ3n) is 5.17. The standard InChI is InChI=1S/C26H20BrNO6/c27-18-10-5-4-9-17(18)15-33-21-11-6-12-22-24(21)20(29)14-23(34-22)25(30)28-19(26(31)32)13-16-7-2-1-3-8-16/h1-12,14,19H,13,15H2,(H,28,30)(H,31,32)/t19-/m0/s1. The van der Waals surface area contributed by atoms with Crippen molar-refractivity contribution in [3.05, 3.63) is 110 Å². The minimum atomic E-state index is -1.19. The maximum absolute atomic E-state index is 12.9. The van der Waals surface area contributed by atoms with Gasteiger partial charge in [-0.25, -0.2) is 4.79 Å². The summed E-state index contributed by atoms with van der Waals surface area (Å²) in [5.74, 6) is -1.94. The van der Waals surface area contributed by atoms with E-state index < -0.39 is 23.3 Å². The Morgan fingerprint density at radius 1 is 1.00 bits per heavy atom. The van der Waals surface area contributed by atoms with Gasteiger partial charge in [-0.05, 0) is 23.8 Å². The third-order valence-corrected chi connectivity index (χ3v) is 5.94. The number of aliphatic carboxylic acids is 1. The van der Waals surface area contributed by atoms with E-state index in [1.165, 1.54) is 0 Å². The zero-order valence-electron chi connectivity index (χ0n) is 17.9. The molecule has 0 bridgehead atoms. The maximum Gasteiger partial charge on any atom is 0.326 e. The first-order valence-electron chi connectivity index (χ1n) is 10.4. The minimum Gasteiger partial charge on any atom is -0.488 e. The monoisotopic (exact) mass is 521 g/mol. The predicted octanol–water partition coefficient (Wildman–Crippen LogP) is 4.56. The lowest BCUT2D eigenvalue weighted by Crippen LogP contribution is -2.42. The molecule has 7 nitrogen and oxygen atoms in total. The quantitative estimate of drug-likeness (QED) is 0.352. The van der Waals surface area contributed by atoms with Crippen LogP contribution in [-0.4, -0.2) is 23.0 Å². The van der Waals surface area contributed by atoms with E-state index in [0.717, 1.165) is 21.7 Å². The summed E-state index contributed by atoms with van der Waals surface area (Å²) >= 11 is 3.46. The molecule has 1 aromatic heterocycles. The molecule has 3 aromatic carbocycles. The summed E-state index contributed by atoms with van der Waals surface area (Å²) in [7, 11) is 0. The Balaban J connectivity index is 1.56. The molecule has 0 unspecified atom stereocenters. The molecule has 0 radical (unpaired) electrons. The van der Waals surface area contributed by atoms with Crippen LogP contribution in [0.15, 0.2) is 92.5 Å². The molecule has 0 fully saturated rings. The van der Waals surface area contributed by atoms with Crippen molar-refractivity contribution in [2.45, 2.75) is 19.1 Å². The number of fused-ring (bicyclic) bond motifs is 1. The van der Waals surface area contributed by atoms with Crippen LogP contribution in [0.4, 0.5) is 0 Å². The number of benzene rings is 3. The summed E-state index contributed by atoms with van der Waals surface area (Å²) in [4.78, 5) is 37.3. The Morgan fingerprint density at radius 2 is 1.74 bits per heavy atom. The van der Waals surface area contributed by atoms with Crippen molar-refractivity contribution in [2.24, 2.45) is 0 Å². The largest absolute Gasteiger partial charge is 0.488 e. The van der Waals surface area contributed by atoms with E-state index in [1.807, 2.05) is 30.3 Å². The van der Waals surface area contributed by atoms with E-state index in [0.29, 0.717) is 5.75 Å². The van der Waals surface area contributed by atoms with Gasteiger partial charge in [-0.1, -0.05) is 70.5 Å². The normalized spacial score (nSPS) is 11.7. The van der Waals surface area contributed by atoms with E-state index in [9.17, 15) is 19.5 Å². The first kappa shape index (κ1) is 23.3. The number of carboxylic acid groups (broad SMARTS) is 1. The van der Waals surface area contributed by atoms with Gasteiger partial charge in [0.05, 0.1) is 0 Å². The number of hydrogen-bond acceptors (Lipinski definition) is 5. The van der Waals surface area contributed by atoms with Gasteiger partial charge in [-0.15, -0.1) is 0 Å². The average Bonchev–Trinajstić information content (AvgIpc) is 2.83. The van der Waals surface area contributed by atoms with Crippen LogP contribution < -0.4 is 15.5 Å². The number of carbonyl (C=O) groups excluding carboxylic acids is 1. The van der Waals surface area contributed by atoms with Crippen molar-refractivity contribution in [3.8, 4) is 5.75 Å². The lowest BCUT2D eigenvalue weighted by atomic mass is 10.1. The summed E-state index contributed by atoms with van der Waals surface area (Å²) in [6.45, 7) is 0.224. The van der Waals surface area contributed by atoms with Gasteiger partial charge in [0.2, 0.25) is 0 Å². The molecule has 0 aliphatic carbocycles. The number of amides is 1. The lowest BCUT2D eigenvalue weighted by Gasteiger charge is -2.15. The van der Waals surface area contributed by atoms with E-state index in [-0.39, 0.29) is 29.8 Å². The van der Waals surface area contributed by atoms with Crippen LogP contribution in [0.25, 0.3) is 11.0 Å². The fourth-order valence-electron chi connectivity index (χ4n) is 3.46. The number of ether oxygens (including phenoxy) is 1. The molecule has 0 aliphatic rings. The van der Waals surface area contributed by atoms with Gasteiger partial charge < -0.3 is 19.6 Å². The summed E-state index contributed by atoms with van der Waals surface area (Å²) < 4.78 is 12.4. The molecular weight excluding hydrogens is 502 g/mol.